The maximum Gasteiger partial charge on any atom is 0.307 e. The summed E-state index contributed by atoms with van der Waals surface area (Å²) in [5.41, 5.74) is 12.9. The number of nitrogens with zero attached hydrogens (tertiary/aromatic N) is 1. The lowest BCUT2D eigenvalue weighted by atomic mass is 9.88. The minimum atomic E-state index is -0.843. The molecular weight excluding hydrogens is 312 g/mol. The SMILES string of the molecule is CCc1nc(CC(C)C)c(CN)c(-c2ccc(C)cc2)c1CC(=O)O. The molecule has 0 atom stereocenters. The van der Waals surface area contributed by atoms with Crippen molar-refractivity contribution in [3.05, 3.63) is 52.3 Å². The molecule has 0 bridgehead atoms. The Bertz CT molecular complexity index is 749. The van der Waals surface area contributed by atoms with Gasteiger partial charge in [-0.3, -0.25) is 9.78 Å². The lowest BCUT2D eigenvalue weighted by Crippen LogP contribution is -2.16. The molecule has 1 aromatic heterocycles. The Morgan fingerprint density at radius 3 is 2.28 bits per heavy atom. The summed E-state index contributed by atoms with van der Waals surface area (Å²) in [4.78, 5) is 16.3. The summed E-state index contributed by atoms with van der Waals surface area (Å²) >= 11 is 0. The molecule has 0 aliphatic rings. The summed E-state index contributed by atoms with van der Waals surface area (Å²) in [7, 11) is 0. The van der Waals surface area contributed by atoms with Crippen molar-refractivity contribution < 1.29 is 9.90 Å². The number of aliphatic carboxylic acids is 1. The third kappa shape index (κ3) is 4.45. The third-order valence-corrected chi connectivity index (χ3v) is 4.38. The van der Waals surface area contributed by atoms with Crippen molar-refractivity contribution in [3.63, 3.8) is 0 Å². The Hall–Kier alpha value is -2.20. The topological polar surface area (TPSA) is 76.2 Å². The van der Waals surface area contributed by atoms with Crippen LogP contribution < -0.4 is 5.73 Å². The molecule has 0 saturated heterocycles. The summed E-state index contributed by atoms with van der Waals surface area (Å²) in [6.45, 7) is 8.73. The largest absolute Gasteiger partial charge is 0.481 e. The Morgan fingerprint density at radius 2 is 1.80 bits per heavy atom. The number of aromatic nitrogens is 1. The summed E-state index contributed by atoms with van der Waals surface area (Å²) < 4.78 is 0. The zero-order valence-electron chi connectivity index (χ0n) is 15.6. The highest BCUT2D eigenvalue weighted by atomic mass is 16.4. The van der Waals surface area contributed by atoms with E-state index in [1.54, 1.807) is 0 Å². The van der Waals surface area contributed by atoms with Gasteiger partial charge in [0.1, 0.15) is 0 Å². The van der Waals surface area contributed by atoms with E-state index in [0.717, 1.165) is 40.1 Å². The Kier molecular flexibility index (Phi) is 6.32. The Labute approximate surface area is 150 Å². The number of pyridine rings is 1. The van der Waals surface area contributed by atoms with E-state index in [-0.39, 0.29) is 6.42 Å². The average molecular weight is 340 g/mol. The van der Waals surface area contributed by atoms with E-state index in [1.807, 2.05) is 38.1 Å². The van der Waals surface area contributed by atoms with Gasteiger partial charge in [0.05, 0.1) is 6.42 Å². The standard InChI is InChI=1S/C21H28N2O2/c1-5-18-16(11-20(24)25)21(15-8-6-14(4)7-9-15)17(12-22)19(23-18)10-13(2)3/h6-9,13H,5,10-12,22H2,1-4H3,(H,24,25). The number of aryl methyl sites for hydroxylation is 2. The second-order valence-corrected chi connectivity index (χ2v) is 6.93. The van der Waals surface area contributed by atoms with E-state index in [9.17, 15) is 9.90 Å². The first kappa shape index (κ1) is 19.1. The summed E-state index contributed by atoms with van der Waals surface area (Å²) in [6, 6.07) is 8.20. The number of carbonyl (C=O) groups is 1. The van der Waals surface area contributed by atoms with Crippen LogP contribution in [0.2, 0.25) is 0 Å². The summed E-state index contributed by atoms with van der Waals surface area (Å²) in [6.07, 6.45) is 1.51. The molecule has 2 rings (SSSR count). The van der Waals surface area contributed by atoms with Crippen LogP contribution in [0.1, 0.15) is 48.8 Å². The first-order valence-corrected chi connectivity index (χ1v) is 8.89. The van der Waals surface area contributed by atoms with Crippen molar-refractivity contribution in [2.45, 2.75) is 53.5 Å². The highest BCUT2D eigenvalue weighted by Crippen LogP contribution is 2.33. The van der Waals surface area contributed by atoms with Gasteiger partial charge in [-0.1, -0.05) is 50.6 Å². The van der Waals surface area contributed by atoms with Crippen molar-refractivity contribution in [3.8, 4) is 11.1 Å². The summed E-state index contributed by atoms with van der Waals surface area (Å²) in [5.74, 6) is -0.386. The molecule has 0 saturated carbocycles. The quantitative estimate of drug-likeness (QED) is 0.801. The molecule has 0 fully saturated rings. The normalized spacial score (nSPS) is 11.1. The molecule has 1 heterocycles. The smallest absolute Gasteiger partial charge is 0.307 e. The van der Waals surface area contributed by atoms with Crippen LogP contribution in [0, 0.1) is 12.8 Å². The second-order valence-electron chi connectivity index (χ2n) is 6.93. The van der Waals surface area contributed by atoms with Gasteiger partial charge < -0.3 is 10.8 Å². The molecule has 0 unspecified atom stereocenters. The molecular formula is C21H28N2O2. The zero-order valence-corrected chi connectivity index (χ0v) is 15.6. The van der Waals surface area contributed by atoms with Crippen molar-refractivity contribution in [2.24, 2.45) is 11.7 Å². The van der Waals surface area contributed by atoms with Crippen LogP contribution in [0.15, 0.2) is 24.3 Å². The van der Waals surface area contributed by atoms with Gasteiger partial charge in [-0.15, -0.1) is 0 Å². The van der Waals surface area contributed by atoms with E-state index in [4.69, 9.17) is 10.7 Å². The molecule has 4 nitrogen and oxygen atoms in total. The van der Waals surface area contributed by atoms with Gasteiger partial charge in [0.15, 0.2) is 0 Å². The van der Waals surface area contributed by atoms with Crippen molar-refractivity contribution in [1.29, 1.82) is 0 Å². The fourth-order valence-electron chi connectivity index (χ4n) is 3.25. The van der Waals surface area contributed by atoms with Crippen molar-refractivity contribution in [2.75, 3.05) is 0 Å². The summed E-state index contributed by atoms with van der Waals surface area (Å²) in [5, 5.41) is 9.42. The van der Waals surface area contributed by atoms with E-state index < -0.39 is 5.97 Å². The van der Waals surface area contributed by atoms with E-state index in [2.05, 4.69) is 13.8 Å². The van der Waals surface area contributed by atoms with Crippen molar-refractivity contribution in [1.82, 2.24) is 4.98 Å². The minimum absolute atomic E-state index is 0.0334. The van der Waals surface area contributed by atoms with E-state index in [0.29, 0.717) is 18.9 Å². The second kappa shape index (κ2) is 8.26. The molecule has 0 aliphatic carbocycles. The predicted octanol–water partition coefficient (Wildman–Crippen LogP) is 3.90. The van der Waals surface area contributed by atoms with Crippen LogP contribution >= 0.6 is 0 Å². The maximum atomic E-state index is 11.5. The van der Waals surface area contributed by atoms with Crippen LogP contribution in [0.3, 0.4) is 0 Å². The monoisotopic (exact) mass is 340 g/mol. The molecule has 3 N–H and O–H groups in total. The van der Waals surface area contributed by atoms with E-state index in [1.165, 1.54) is 5.56 Å². The van der Waals surface area contributed by atoms with Gasteiger partial charge in [0, 0.05) is 17.9 Å². The number of hydrogen-bond donors (Lipinski definition) is 2. The van der Waals surface area contributed by atoms with Crippen LogP contribution in [0.25, 0.3) is 11.1 Å². The van der Waals surface area contributed by atoms with Gasteiger partial charge in [-0.25, -0.2) is 0 Å². The Balaban J connectivity index is 2.80. The number of carboxylic acids is 1. The lowest BCUT2D eigenvalue weighted by Gasteiger charge is -2.21. The fourth-order valence-corrected chi connectivity index (χ4v) is 3.25. The van der Waals surface area contributed by atoms with Gasteiger partial charge in [0.25, 0.3) is 0 Å². The molecule has 0 amide bonds. The van der Waals surface area contributed by atoms with Crippen LogP contribution in [0.5, 0.6) is 0 Å². The van der Waals surface area contributed by atoms with Gasteiger partial charge in [-0.05, 0) is 47.9 Å². The molecule has 2 aromatic rings. The number of rotatable bonds is 7. The zero-order chi connectivity index (χ0) is 18.6. The maximum absolute atomic E-state index is 11.5. The molecule has 0 spiro atoms. The first-order chi connectivity index (χ1) is 11.9. The minimum Gasteiger partial charge on any atom is -0.481 e. The van der Waals surface area contributed by atoms with Crippen LogP contribution in [0.4, 0.5) is 0 Å². The third-order valence-electron chi connectivity index (χ3n) is 4.38. The molecule has 4 heteroatoms. The van der Waals surface area contributed by atoms with Crippen molar-refractivity contribution >= 4 is 5.97 Å². The first-order valence-electron chi connectivity index (χ1n) is 8.89. The van der Waals surface area contributed by atoms with Crippen LogP contribution in [-0.4, -0.2) is 16.1 Å². The highest BCUT2D eigenvalue weighted by Gasteiger charge is 2.21. The lowest BCUT2D eigenvalue weighted by molar-refractivity contribution is -0.136. The molecule has 1 aromatic carbocycles. The van der Waals surface area contributed by atoms with E-state index >= 15 is 0 Å². The number of carboxylic acid groups (broad SMARTS) is 1. The molecule has 0 aliphatic heterocycles. The molecule has 0 radical (unpaired) electrons. The number of nitrogens with two attached hydrogens (primary N) is 1. The molecule has 134 valence electrons. The predicted molar refractivity (Wildman–Crippen MR) is 102 cm³/mol. The number of benzene rings is 1. The van der Waals surface area contributed by atoms with Gasteiger partial charge in [0.2, 0.25) is 0 Å². The van der Waals surface area contributed by atoms with Gasteiger partial charge in [-0.2, -0.15) is 0 Å². The molecule has 25 heavy (non-hydrogen) atoms. The highest BCUT2D eigenvalue weighted by molar-refractivity contribution is 5.79. The number of hydrogen-bond acceptors (Lipinski definition) is 3. The Morgan fingerprint density at radius 1 is 1.16 bits per heavy atom. The average Bonchev–Trinajstić information content (AvgIpc) is 2.55. The fraction of sp³-hybridized carbons (Fsp3) is 0.429. The van der Waals surface area contributed by atoms with Crippen LogP contribution in [-0.2, 0) is 30.6 Å². The van der Waals surface area contributed by atoms with Gasteiger partial charge >= 0.3 is 5.97 Å².